The highest BCUT2D eigenvalue weighted by atomic mass is 16.2. The summed E-state index contributed by atoms with van der Waals surface area (Å²) < 4.78 is 3.23. The number of benzene rings is 2. The minimum absolute atomic E-state index is 0.0870. The minimum Gasteiger partial charge on any atom is -0.368 e. The molecule has 0 unspecified atom stereocenters. The molecule has 3 heterocycles. The highest BCUT2D eigenvalue weighted by Crippen LogP contribution is 2.22. The molecule has 0 radical (unpaired) electrons. The summed E-state index contributed by atoms with van der Waals surface area (Å²) in [7, 11) is 0. The zero-order valence-electron chi connectivity index (χ0n) is 20.3. The van der Waals surface area contributed by atoms with E-state index in [1.54, 1.807) is 21.5 Å². The second kappa shape index (κ2) is 9.78. The molecule has 0 spiro atoms. The van der Waals surface area contributed by atoms with Gasteiger partial charge in [0.1, 0.15) is 5.52 Å². The van der Waals surface area contributed by atoms with Crippen molar-refractivity contribution < 1.29 is 4.79 Å². The van der Waals surface area contributed by atoms with Crippen LogP contribution in [-0.2, 0) is 11.3 Å². The fourth-order valence-electron chi connectivity index (χ4n) is 4.61. The van der Waals surface area contributed by atoms with Gasteiger partial charge in [-0.25, -0.2) is 4.52 Å². The predicted octanol–water partition coefficient (Wildman–Crippen LogP) is 4.03. The molecular formula is C28H31N5O2. The fourth-order valence-corrected chi connectivity index (χ4v) is 4.61. The number of carbonyl (C=O) groups is 1. The lowest BCUT2D eigenvalue weighted by Gasteiger charge is -2.36. The molecule has 1 aliphatic heterocycles. The molecule has 35 heavy (non-hydrogen) atoms. The number of hydrogen-bond donors (Lipinski definition) is 0. The van der Waals surface area contributed by atoms with E-state index < -0.39 is 0 Å². The first-order valence-corrected chi connectivity index (χ1v) is 12.3. The number of carbonyl (C=O) groups excluding carboxylic acids is 1. The zero-order valence-corrected chi connectivity index (χ0v) is 20.3. The number of piperazine rings is 1. The summed E-state index contributed by atoms with van der Waals surface area (Å²) >= 11 is 0. The lowest BCUT2D eigenvalue weighted by molar-refractivity contribution is -0.131. The summed E-state index contributed by atoms with van der Waals surface area (Å²) in [6.07, 6.45) is 3.81. The third kappa shape index (κ3) is 4.85. The van der Waals surface area contributed by atoms with Crippen LogP contribution in [0.2, 0.25) is 0 Å². The molecule has 4 aromatic rings. The number of amides is 1. The lowest BCUT2D eigenvalue weighted by atomic mass is 10.0. The van der Waals surface area contributed by atoms with Crippen LogP contribution in [0.15, 0.2) is 77.9 Å². The number of nitrogens with zero attached hydrogens (tertiary/aromatic N) is 5. The molecule has 0 N–H and O–H groups in total. The number of rotatable bonds is 6. The van der Waals surface area contributed by atoms with Gasteiger partial charge in [-0.3, -0.25) is 9.59 Å². The van der Waals surface area contributed by atoms with Crippen molar-refractivity contribution in [1.82, 2.24) is 19.1 Å². The average Bonchev–Trinajstić information content (AvgIpc) is 3.34. The van der Waals surface area contributed by atoms with Crippen molar-refractivity contribution in [3.05, 3.63) is 89.0 Å². The highest BCUT2D eigenvalue weighted by Gasteiger charge is 2.21. The maximum absolute atomic E-state index is 13.1. The maximum Gasteiger partial charge on any atom is 0.276 e. The van der Waals surface area contributed by atoms with Crippen molar-refractivity contribution in [3.8, 4) is 11.3 Å². The Balaban J connectivity index is 1.23. The van der Waals surface area contributed by atoms with Crippen molar-refractivity contribution in [1.29, 1.82) is 0 Å². The third-order valence-electron chi connectivity index (χ3n) is 6.80. The molecule has 7 nitrogen and oxygen atoms in total. The summed E-state index contributed by atoms with van der Waals surface area (Å²) in [6.45, 7) is 7.72. The Morgan fingerprint density at radius 3 is 2.34 bits per heavy atom. The molecule has 0 atom stereocenters. The van der Waals surface area contributed by atoms with E-state index in [2.05, 4.69) is 48.1 Å². The monoisotopic (exact) mass is 469 g/mol. The smallest absolute Gasteiger partial charge is 0.276 e. The molecule has 1 saturated heterocycles. The first kappa shape index (κ1) is 22.9. The Hall–Kier alpha value is -3.87. The quantitative estimate of drug-likeness (QED) is 0.428. The Bertz CT molecular complexity index is 1360. The summed E-state index contributed by atoms with van der Waals surface area (Å²) in [5.74, 6) is 0.552. The Kier molecular flexibility index (Phi) is 6.40. The Labute approximate surface area is 205 Å². The first-order chi connectivity index (χ1) is 17.0. The van der Waals surface area contributed by atoms with Crippen LogP contribution in [0.25, 0.3) is 16.8 Å². The van der Waals surface area contributed by atoms with Gasteiger partial charge in [-0.05, 0) is 29.7 Å². The number of hydrogen-bond acceptors (Lipinski definition) is 4. The molecule has 0 bridgehead atoms. The van der Waals surface area contributed by atoms with E-state index in [-0.39, 0.29) is 11.5 Å². The van der Waals surface area contributed by atoms with E-state index in [1.807, 2.05) is 41.3 Å². The molecular weight excluding hydrogens is 438 g/mol. The summed E-state index contributed by atoms with van der Waals surface area (Å²) in [4.78, 5) is 30.1. The van der Waals surface area contributed by atoms with Gasteiger partial charge in [0, 0.05) is 62.8 Å². The standard InChI is InChI=1S/C28H31N5O2/c1-21(2)22-8-10-23(11-9-22)25-20-26-28(35)32(18-19-33(26)29-25)13-12-27(34)31-16-14-30(15-17-31)24-6-4-3-5-7-24/h3-11,18-21H,12-17H2,1-2H3. The molecule has 5 rings (SSSR count). The lowest BCUT2D eigenvalue weighted by Crippen LogP contribution is -2.49. The van der Waals surface area contributed by atoms with Crippen molar-refractivity contribution in [2.75, 3.05) is 31.1 Å². The number of aromatic nitrogens is 3. The Morgan fingerprint density at radius 1 is 0.943 bits per heavy atom. The molecule has 1 fully saturated rings. The van der Waals surface area contributed by atoms with Gasteiger partial charge in [0.05, 0.1) is 5.69 Å². The SMILES string of the molecule is CC(C)c1ccc(-c2cc3c(=O)n(CCC(=O)N4CCN(c5ccccc5)CC4)ccn3n2)cc1. The van der Waals surface area contributed by atoms with E-state index in [1.165, 1.54) is 11.3 Å². The van der Waals surface area contributed by atoms with Gasteiger partial charge < -0.3 is 14.4 Å². The van der Waals surface area contributed by atoms with Crippen molar-refractivity contribution in [3.63, 3.8) is 0 Å². The van der Waals surface area contributed by atoms with Crippen LogP contribution in [0.1, 0.15) is 31.7 Å². The topological polar surface area (TPSA) is 62.9 Å². The summed E-state index contributed by atoms with van der Waals surface area (Å²) in [6, 6.07) is 20.4. The second-order valence-corrected chi connectivity index (χ2v) is 9.39. The molecule has 0 aliphatic carbocycles. The largest absolute Gasteiger partial charge is 0.368 e. The maximum atomic E-state index is 13.1. The van der Waals surface area contributed by atoms with E-state index >= 15 is 0 Å². The average molecular weight is 470 g/mol. The highest BCUT2D eigenvalue weighted by molar-refractivity contribution is 5.76. The molecule has 7 heteroatoms. The number of aryl methyl sites for hydroxylation is 1. The van der Waals surface area contributed by atoms with Crippen LogP contribution in [0.5, 0.6) is 0 Å². The van der Waals surface area contributed by atoms with Gasteiger partial charge in [0.25, 0.3) is 5.56 Å². The molecule has 0 saturated carbocycles. The molecule has 1 amide bonds. The van der Waals surface area contributed by atoms with Crippen molar-refractivity contribution in [2.24, 2.45) is 0 Å². The van der Waals surface area contributed by atoms with Gasteiger partial charge in [0.15, 0.2) is 0 Å². The fraction of sp³-hybridized carbons (Fsp3) is 0.321. The van der Waals surface area contributed by atoms with Crippen LogP contribution in [0, 0.1) is 0 Å². The van der Waals surface area contributed by atoms with Gasteiger partial charge in [-0.15, -0.1) is 0 Å². The zero-order chi connectivity index (χ0) is 24.4. The van der Waals surface area contributed by atoms with E-state index in [0.717, 1.165) is 24.3 Å². The van der Waals surface area contributed by atoms with Crippen LogP contribution in [0.3, 0.4) is 0 Å². The molecule has 2 aromatic heterocycles. The van der Waals surface area contributed by atoms with E-state index in [4.69, 9.17) is 0 Å². The normalized spacial score (nSPS) is 14.1. The third-order valence-corrected chi connectivity index (χ3v) is 6.80. The van der Waals surface area contributed by atoms with Crippen LogP contribution in [-0.4, -0.2) is 51.2 Å². The predicted molar refractivity (Wildman–Crippen MR) is 139 cm³/mol. The minimum atomic E-state index is -0.133. The van der Waals surface area contributed by atoms with Crippen LogP contribution in [0.4, 0.5) is 5.69 Å². The summed E-state index contributed by atoms with van der Waals surface area (Å²) in [5, 5.41) is 4.58. The van der Waals surface area contributed by atoms with Crippen molar-refractivity contribution in [2.45, 2.75) is 32.7 Å². The molecule has 180 valence electrons. The number of para-hydroxylation sites is 1. The van der Waals surface area contributed by atoms with Crippen LogP contribution < -0.4 is 10.5 Å². The molecule has 1 aliphatic rings. The van der Waals surface area contributed by atoms with E-state index in [0.29, 0.717) is 37.5 Å². The number of anilines is 1. The second-order valence-electron chi connectivity index (χ2n) is 9.39. The van der Waals surface area contributed by atoms with Gasteiger partial charge in [-0.2, -0.15) is 5.10 Å². The van der Waals surface area contributed by atoms with Gasteiger partial charge >= 0.3 is 0 Å². The van der Waals surface area contributed by atoms with Crippen LogP contribution >= 0.6 is 0 Å². The number of fused-ring (bicyclic) bond motifs is 1. The first-order valence-electron chi connectivity index (χ1n) is 12.3. The van der Waals surface area contributed by atoms with E-state index in [9.17, 15) is 9.59 Å². The summed E-state index contributed by atoms with van der Waals surface area (Å²) in [5.41, 5.74) is 4.59. The van der Waals surface area contributed by atoms with Gasteiger partial charge in [0.2, 0.25) is 5.91 Å². The Morgan fingerprint density at radius 2 is 1.66 bits per heavy atom. The van der Waals surface area contributed by atoms with Crippen molar-refractivity contribution >= 4 is 17.1 Å². The molecule has 2 aromatic carbocycles. The van der Waals surface area contributed by atoms with Gasteiger partial charge in [-0.1, -0.05) is 56.3 Å².